The molecule has 20 heavy (non-hydrogen) atoms. The van der Waals surface area contributed by atoms with Crippen LogP contribution in [-0.4, -0.2) is 30.1 Å². The summed E-state index contributed by atoms with van der Waals surface area (Å²) in [6.45, 7) is 3.49. The van der Waals surface area contributed by atoms with Crippen LogP contribution in [0, 0.1) is 6.92 Å². The Kier molecular flexibility index (Phi) is 3.74. The number of hydrogen-bond donors (Lipinski definition) is 2. The molecule has 0 spiro atoms. The normalized spacial score (nSPS) is 18.6. The fraction of sp³-hybridized carbons (Fsp3) is 0.438. The minimum absolute atomic E-state index is 0.0621. The number of rotatable bonds is 4. The number of ether oxygens (including phenoxy) is 1. The first-order valence-corrected chi connectivity index (χ1v) is 7.17. The number of carbonyl (C=O) groups excluding carboxylic acids is 1. The molecule has 2 aromatic rings. The monoisotopic (exact) mass is 272 g/mol. The topological polar surface area (TPSA) is 54.1 Å². The maximum Gasteiger partial charge on any atom is 0.224 e. The maximum absolute atomic E-state index is 11.9. The van der Waals surface area contributed by atoms with E-state index in [9.17, 15) is 4.79 Å². The molecule has 0 radical (unpaired) electrons. The van der Waals surface area contributed by atoms with Crippen LogP contribution in [0.3, 0.4) is 0 Å². The summed E-state index contributed by atoms with van der Waals surface area (Å²) in [5.74, 6) is 0.0621. The molecule has 0 aliphatic carbocycles. The molecule has 1 aromatic heterocycles. The summed E-state index contributed by atoms with van der Waals surface area (Å²) in [7, 11) is 0. The number of amides is 1. The van der Waals surface area contributed by atoms with E-state index in [0.717, 1.165) is 41.6 Å². The van der Waals surface area contributed by atoms with Crippen LogP contribution in [0.1, 0.15) is 24.1 Å². The van der Waals surface area contributed by atoms with E-state index >= 15 is 0 Å². The molecule has 1 fully saturated rings. The largest absolute Gasteiger partial charge is 0.376 e. The second-order valence-corrected chi connectivity index (χ2v) is 5.49. The molecule has 4 nitrogen and oxygen atoms in total. The number of nitrogens with one attached hydrogen (secondary N) is 2. The fourth-order valence-electron chi connectivity index (χ4n) is 2.72. The molecule has 4 heteroatoms. The lowest BCUT2D eigenvalue weighted by molar-refractivity contribution is -0.120. The minimum atomic E-state index is 0.0621. The van der Waals surface area contributed by atoms with Crippen LogP contribution < -0.4 is 5.32 Å². The van der Waals surface area contributed by atoms with Crippen LogP contribution in [0.25, 0.3) is 10.9 Å². The zero-order valence-corrected chi connectivity index (χ0v) is 11.7. The van der Waals surface area contributed by atoms with Gasteiger partial charge in [-0.05, 0) is 48.9 Å². The van der Waals surface area contributed by atoms with Gasteiger partial charge < -0.3 is 15.0 Å². The first-order chi connectivity index (χ1) is 9.70. The molecular weight excluding hydrogens is 252 g/mol. The second kappa shape index (κ2) is 5.67. The van der Waals surface area contributed by atoms with Gasteiger partial charge in [-0.15, -0.1) is 0 Å². The highest BCUT2D eigenvalue weighted by Gasteiger charge is 2.16. The molecule has 1 aromatic carbocycles. The molecule has 0 bridgehead atoms. The summed E-state index contributed by atoms with van der Waals surface area (Å²) in [5.41, 5.74) is 3.30. The Hall–Kier alpha value is -1.81. The molecule has 1 amide bonds. The van der Waals surface area contributed by atoms with Crippen LogP contribution in [0.2, 0.25) is 0 Å². The van der Waals surface area contributed by atoms with Crippen molar-refractivity contribution in [3.63, 3.8) is 0 Å². The van der Waals surface area contributed by atoms with Crippen LogP contribution in [-0.2, 0) is 16.0 Å². The molecule has 0 saturated carbocycles. The van der Waals surface area contributed by atoms with Gasteiger partial charge in [0.15, 0.2) is 0 Å². The Bertz CT molecular complexity index is 612. The third-order valence-corrected chi connectivity index (χ3v) is 3.74. The zero-order valence-electron chi connectivity index (χ0n) is 11.7. The van der Waals surface area contributed by atoms with Crippen LogP contribution >= 0.6 is 0 Å². The highest BCUT2D eigenvalue weighted by Crippen LogP contribution is 2.17. The Labute approximate surface area is 118 Å². The number of hydrogen-bond acceptors (Lipinski definition) is 2. The van der Waals surface area contributed by atoms with E-state index in [4.69, 9.17) is 4.74 Å². The molecule has 2 N–H and O–H groups in total. The standard InChI is InChI=1S/C16H20N2O2/c1-11-7-13-8-12(4-5-15(13)18-11)9-16(19)17-10-14-3-2-6-20-14/h4-5,7-8,14,18H,2-3,6,9-10H2,1H3,(H,17,19). The number of aromatic nitrogens is 1. The maximum atomic E-state index is 11.9. The number of H-pyrrole nitrogens is 1. The van der Waals surface area contributed by atoms with Gasteiger partial charge in [0, 0.05) is 24.4 Å². The van der Waals surface area contributed by atoms with Crippen molar-refractivity contribution in [2.24, 2.45) is 0 Å². The van der Waals surface area contributed by atoms with E-state index in [1.54, 1.807) is 0 Å². The predicted molar refractivity (Wildman–Crippen MR) is 78.7 cm³/mol. The molecule has 1 saturated heterocycles. The molecule has 1 unspecified atom stereocenters. The molecular formula is C16H20N2O2. The summed E-state index contributed by atoms with van der Waals surface area (Å²) in [4.78, 5) is 15.2. The van der Waals surface area contributed by atoms with Crippen molar-refractivity contribution in [3.05, 3.63) is 35.5 Å². The predicted octanol–water partition coefficient (Wildman–Crippen LogP) is 2.31. The number of carbonyl (C=O) groups is 1. The smallest absolute Gasteiger partial charge is 0.224 e. The number of benzene rings is 1. The molecule has 2 heterocycles. The molecule has 106 valence electrons. The Morgan fingerprint density at radius 1 is 1.45 bits per heavy atom. The molecule has 1 atom stereocenters. The van der Waals surface area contributed by atoms with Gasteiger partial charge in [0.1, 0.15) is 0 Å². The second-order valence-electron chi connectivity index (χ2n) is 5.49. The summed E-state index contributed by atoms with van der Waals surface area (Å²) >= 11 is 0. The Morgan fingerprint density at radius 3 is 3.15 bits per heavy atom. The zero-order chi connectivity index (χ0) is 13.9. The van der Waals surface area contributed by atoms with E-state index in [-0.39, 0.29) is 12.0 Å². The van der Waals surface area contributed by atoms with Crippen molar-refractivity contribution in [3.8, 4) is 0 Å². The quantitative estimate of drug-likeness (QED) is 0.897. The van der Waals surface area contributed by atoms with Gasteiger partial charge in [0.2, 0.25) is 5.91 Å². The van der Waals surface area contributed by atoms with Crippen LogP contribution in [0.15, 0.2) is 24.3 Å². The van der Waals surface area contributed by atoms with Crippen LogP contribution in [0.5, 0.6) is 0 Å². The van der Waals surface area contributed by atoms with E-state index < -0.39 is 0 Å². The van der Waals surface area contributed by atoms with Gasteiger partial charge >= 0.3 is 0 Å². The van der Waals surface area contributed by atoms with E-state index in [1.807, 2.05) is 19.1 Å². The highest BCUT2D eigenvalue weighted by molar-refractivity contribution is 5.84. The van der Waals surface area contributed by atoms with Crippen molar-refractivity contribution in [2.45, 2.75) is 32.3 Å². The third-order valence-electron chi connectivity index (χ3n) is 3.74. The lowest BCUT2D eigenvalue weighted by Crippen LogP contribution is -2.32. The first kappa shape index (κ1) is 13.2. The molecule has 3 rings (SSSR count). The first-order valence-electron chi connectivity index (χ1n) is 7.17. The lowest BCUT2D eigenvalue weighted by atomic mass is 10.1. The van der Waals surface area contributed by atoms with Crippen molar-refractivity contribution in [2.75, 3.05) is 13.2 Å². The van der Waals surface area contributed by atoms with Crippen molar-refractivity contribution in [1.29, 1.82) is 0 Å². The van der Waals surface area contributed by atoms with E-state index in [2.05, 4.69) is 22.4 Å². The van der Waals surface area contributed by atoms with Gasteiger partial charge in [-0.3, -0.25) is 4.79 Å². The summed E-state index contributed by atoms with van der Waals surface area (Å²) in [5, 5.41) is 4.11. The van der Waals surface area contributed by atoms with Crippen LogP contribution in [0.4, 0.5) is 0 Å². The van der Waals surface area contributed by atoms with Gasteiger partial charge in [0.05, 0.1) is 12.5 Å². The van der Waals surface area contributed by atoms with Gasteiger partial charge in [-0.2, -0.15) is 0 Å². The number of fused-ring (bicyclic) bond motifs is 1. The van der Waals surface area contributed by atoms with Crippen molar-refractivity contribution < 1.29 is 9.53 Å². The van der Waals surface area contributed by atoms with Gasteiger partial charge in [-0.1, -0.05) is 6.07 Å². The number of aryl methyl sites for hydroxylation is 1. The third kappa shape index (κ3) is 3.02. The average molecular weight is 272 g/mol. The van der Waals surface area contributed by atoms with Crippen molar-refractivity contribution in [1.82, 2.24) is 10.3 Å². The number of aromatic amines is 1. The highest BCUT2D eigenvalue weighted by atomic mass is 16.5. The average Bonchev–Trinajstić information content (AvgIpc) is 3.04. The minimum Gasteiger partial charge on any atom is -0.376 e. The fourth-order valence-corrected chi connectivity index (χ4v) is 2.72. The lowest BCUT2D eigenvalue weighted by Gasteiger charge is -2.10. The van der Waals surface area contributed by atoms with Crippen molar-refractivity contribution >= 4 is 16.8 Å². The van der Waals surface area contributed by atoms with E-state index in [1.165, 1.54) is 0 Å². The van der Waals surface area contributed by atoms with Gasteiger partial charge in [0.25, 0.3) is 0 Å². The molecule has 1 aliphatic heterocycles. The molecule has 1 aliphatic rings. The Morgan fingerprint density at radius 2 is 2.35 bits per heavy atom. The summed E-state index contributed by atoms with van der Waals surface area (Å²) < 4.78 is 5.50. The SMILES string of the molecule is Cc1cc2cc(CC(=O)NCC3CCCO3)ccc2[nH]1. The van der Waals surface area contributed by atoms with Gasteiger partial charge in [-0.25, -0.2) is 0 Å². The summed E-state index contributed by atoms with van der Waals surface area (Å²) in [6, 6.07) is 8.21. The Balaban J connectivity index is 1.58. The summed E-state index contributed by atoms with van der Waals surface area (Å²) in [6.07, 6.45) is 2.78. The van der Waals surface area contributed by atoms with E-state index in [0.29, 0.717) is 13.0 Å².